The summed E-state index contributed by atoms with van der Waals surface area (Å²) in [6.45, 7) is 0.799. The van der Waals surface area contributed by atoms with Crippen molar-refractivity contribution in [3.63, 3.8) is 0 Å². The molecule has 7 heteroatoms. The second kappa shape index (κ2) is 6.42. The van der Waals surface area contributed by atoms with Crippen LogP contribution in [0, 0.1) is 0 Å². The van der Waals surface area contributed by atoms with E-state index in [9.17, 15) is 9.90 Å². The lowest BCUT2D eigenvalue weighted by molar-refractivity contribution is -0.121. The number of likely N-dealkylation sites (N-methyl/N-ethyl adjacent to an activating group) is 1. The number of carbonyl (C=O) groups excluding carboxylic acids is 1. The van der Waals surface area contributed by atoms with Crippen molar-refractivity contribution < 1.29 is 9.90 Å². The lowest BCUT2D eigenvalue weighted by Crippen LogP contribution is -2.23. The Morgan fingerprint density at radius 2 is 2.30 bits per heavy atom. The van der Waals surface area contributed by atoms with Crippen molar-refractivity contribution in [2.75, 3.05) is 12.4 Å². The van der Waals surface area contributed by atoms with Gasteiger partial charge in [-0.2, -0.15) is 5.10 Å². The standard InChI is InChI=1S/C13H15BrN4O2/c1-15-13(20)8-18-7-10(6-17-18)16-5-9-2-3-12(19)11(14)4-9/h2-4,6-7,16,19H,5,8H2,1H3,(H,15,20). The van der Waals surface area contributed by atoms with E-state index < -0.39 is 0 Å². The molecule has 1 aromatic carbocycles. The Bertz CT molecular complexity index is 612. The van der Waals surface area contributed by atoms with Crippen LogP contribution in [0.25, 0.3) is 0 Å². The maximum atomic E-state index is 11.2. The van der Waals surface area contributed by atoms with Crippen molar-refractivity contribution >= 4 is 27.5 Å². The summed E-state index contributed by atoms with van der Waals surface area (Å²) in [5.74, 6) is 0.120. The third-order valence-electron chi connectivity index (χ3n) is 2.73. The number of aromatic nitrogens is 2. The maximum absolute atomic E-state index is 11.2. The summed E-state index contributed by atoms with van der Waals surface area (Å²) in [6, 6.07) is 5.31. The van der Waals surface area contributed by atoms with E-state index in [0.717, 1.165) is 11.3 Å². The van der Waals surface area contributed by atoms with Crippen molar-refractivity contribution in [2.24, 2.45) is 0 Å². The number of nitrogens with one attached hydrogen (secondary N) is 2. The Morgan fingerprint density at radius 1 is 1.50 bits per heavy atom. The highest BCUT2D eigenvalue weighted by molar-refractivity contribution is 9.10. The normalized spacial score (nSPS) is 10.3. The monoisotopic (exact) mass is 338 g/mol. The minimum Gasteiger partial charge on any atom is -0.507 e. The first-order chi connectivity index (χ1) is 9.58. The van der Waals surface area contributed by atoms with E-state index in [4.69, 9.17) is 0 Å². The fraction of sp³-hybridized carbons (Fsp3) is 0.231. The van der Waals surface area contributed by atoms with Crippen LogP contribution >= 0.6 is 15.9 Å². The number of benzene rings is 1. The van der Waals surface area contributed by atoms with Gasteiger partial charge in [-0.05, 0) is 33.6 Å². The van der Waals surface area contributed by atoms with Gasteiger partial charge in [0, 0.05) is 19.8 Å². The fourth-order valence-corrected chi connectivity index (χ4v) is 2.06. The van der Waals surface area contributed by atoms with Gasteiger partial charge < -0.3 is 15.7 Å². The zero-order chi connectivity index (χ0) is 14.5. The molecule has 1 amide bonds. The number of phenolic OH excluding ortho intramolecular Hbond substituents is 1. The highest BCUT2D eigenvalue weighted by atomic mass is 79.9. The van der Waals surface area contributed by atoms with Gasteiger partial charge in [-0.1, -0.05) is 6.07 Å². The molecule has 20 heavy (non-hydrogen) atoms. The molecule has 0 fully saturated rings. The SMILES string of the molecule is CNC(=O)Cn1cc(NCc2ccc(O)c(Br)c2)cn1. The minimum atomic E-state index is -0.0953. The molecule has 0 spiro atoms. The van der Waals surface area contributed by atoms with E-state index in [-0.39, 0.29) is 18.2 Å². The summed E-state index contributed by atoms with van der Waals surface area (Å²) in [5, 5.41) is 19.3. The van der Waals surface area contributed by atoms with Gasteiger partial charge in [0.2, 0.25) is 5.91 Å². The predicted octanol–water partition coefficient (Wildman–Crippen LogP) is 1.71. The molecular weight excluding hydrogens is 324 g/mol. The molecule has 0 aliphatic heterocycles. The van der Waals surface area contributed by atoms with Crippen LogP contribution in [0.3, 0.4) is 0 Å². The maximum Gasteiger partial charge on any atom is 0.241 e. The first kappa shape index (κ1) is 14.4. The number of nitrogens with zero attached hydrogens (tertiary/aromatic N) is 2. The molecule has 2 aromatic rings. The largest absolute Gasteiger partial charge is 0.507 e. The van der Waals surface area contributed by atoms with E-state index in [2.05, 4.69) is 31.7 Å². The van der Waals surface area contributed by atoms with E-state index in [0.29, 0.717) is 11.0 Å². The Morgan fingerprint density at radius 3 is 3.00 bits per heavy atom. The second-order valence-corrected chi connectivity index (χ2v) is 5.09. The third-order valence-corrected chi connectivity index (χ3v) is 3.36. The van der Waals surface area contributed by atoms with Crippen LogP contribution in [0.5, 0.6) is 5.75 Å². The minimum absolute atomic E-state index is 0.0953. The van der Waals surface area contributed by atoms with E-state index in [1.807, 2.05) is 12.1 Å². The van der Waals surface area contributed by atoms with Gasteiger partial charge >= 0.3 is 0 Å². The van der Waals surface area contributed by atoms with Crippen LogP contribution in [0.4, 0.5) is 5.69 Å². The third kappa shape index (κ3) is 3.74. The Kier molecular flexibility index (Phi) is 4.62. The molecule has 0 unspecified atom stereocenters. The molecule has 0 atom stereocenters. The van der Waals surface area contributed by atoms with Crippen molar-refractivity contribution in [1.82, 2.24) is 15.1 Å². The number of amides is 1. The molecule has 0 aliphatic carbocycles. The molecular formula is C13H15BrN4O2. The van der Waals surface area contributed by atoms with E-state index >= 15 is 0 Å². The molecule has 0 saturated heterocycles. The number of phenols is 1. The number of rotatable bonds is 5. The summed E-state index contributed by atoms with van der Waals surface area (Å²) in [6.07, 6.45) is 3.43. The van der Waals surface area contributed by atoms with Crippen LogP contribution in [0.15, 0.2) is 35.1 Å². The second-order valence-electron chi connectivity index (χ2n) is 4.24. The molecule has 1 heterocycles. The van der Waals surface area contributed by atoms with Crippen LogP contribution in [0.2, 0.25) is 0 Å². The smallest absolute Gasteiger partial charge is 0.241 e. The Hall–Kier alpha value is -2.02. The summed E-state index contributed by atoms with van der Waals surface area (Å²) in [7, 11) is 1.59. The van der Waals surface area contributed by atoms with E-state index in [1.165, 1.54) is 0 Å². The molecule has 0 aliphatic rings. The quantitative estimate of drug-likeness (QED) is 0.775. The lowest BCUT2D eigenvalue weighted by atomic mass is 10.2. The fourth-order valence-electron chi connectivity index (χ4n) is 1.63. The van der Waals surface area contributed by atoms with Gasteiger partial charge in [0.1, 0.15) is 12.3 Å². The van der Waals surface area contributed by atoms with Crippen molar-refractivity contribution in [3.8, 4) is 5.75 Å². The number of anilines is 1. The number of hydrogen-bond donors (Lipinski definition) is 3. The van der Waals surface area contributed by atoms with Gasteiger partial charge in [0.05, 0.1) is 16.4 Å². The van der Waals surface area contributed by atoms with Crippen LogP contribution in [0.1, 0.15) is 5.56 Å². The summed E-state index contributed by atoms with van der Waals surface area (Å²) in [4.78, 5) is 11.2. The van der Waals surface area contributed by atoms with Gasteiger partial charge in [-0.15, -0.1) is 0 Å². The van der Waals surface area contributed by atoms with Crippen molar-refractivity contribution in [3.05, 3.63) is 40.6 Å². The molecule has 1 aromatic heterocycles. The van der Waals surface area contributed by atoms with Gasteiger partial charge in [0.15, 0.2) is 0 Å². The predicted molar refractivity (Wildman–Crippen MR) is 79.4 cm³/mol. The topological polar surface area (TPSA) is 79.2 Å². The Labute approximate surface area is 124 Å². The van der Waals surface area contributed by atoms with Crippen molar-refractivity contribution in [1.29, 1.82) is 0 Å². The number of aromatic hydroxyl groups is 1. The Balaban J connectivity index is 1.93. The summed E-state index contributed by atoms with van der Waals surface area (Å²) >= 11 is 3.27. The lowest BCUT2D eigenvalue weighted by Gasteiger charge is -2.05. The van der Waals surface area contributed by atoms with Gasteiger partial charge in [0.25, 0.3) is 0 Å². The molecule has 106 valence electrons. The van der Waals surface area contributed by atoms with Gasteiger partial charge in [-0.3, -0.25) is 9.48 Å². The van der Waals surface area contributed by atoms with Crippen molar-refractivity contribution in [2.45, 2.75) is 13.1 Å². The molecule has 6 nitrogen and oxygen atoms in total. The highest BCUT2D eigenvalue weighted by Crippen LogP contribution is 2.24. The average molecular weight is 339 g/mol. The molecule has 0 bridgehead atoms. The first-order valence-electron chi connectivity index (χ1n) is 6.03. The zero-order valence-electron chi connectivity index (χ0n) is 10.9. The summed E-state index contributed by atoms with van der Waals surface area (Å²) in [5.41, 5.74) is 1.85. The number of halogens is 1. The van der Waals surface area contributed by atoms with E-state index in [1.54, 1.807) is 30.2 Å². The molecule has 2 rings (SSSR count). The zero-order valence-corrected chi connectivity index (χ0v) is 12.5. The molecule has 0 radical (unpaired) electrons. The molecule has 3 N–H and O–H groups in total. The van der Waals surface area contributed by atoms with Crippen LogP contribution in [-0.2, 0) is 17.9 Å². The van der Waals surface area contributed by atoms with Gasteiger partial charge in [-0.25, -0.2) is 0 Å². The van der Waals surface area contributed by atoms with Crippen LogP contribution in [-0.4, -0.2) is 27.8 Å². The van der Waals surface area contributed by atoms with Crippen LogP contribution < -0.4 is 10.6 Å². The average Bonchev–Trinajstić information content (AvgIpc) is 2.87. The highest BCUT2D eigenvalue weighted by Gasteiger charge is 2.04. The number of carbonyl (C=O) groups is 1. The molecule has 0 saturated carbocycles. The summed E-state index contributed by atoms with van der Waals surface area (Å²) < 4.78 is 2.22. The number of hydrogen-bond acceptors (Lipinski definition) is 4. The first-order valence-corrected chi connectivity index (χ1v) is 6.82.